The lowest BCUT2D eigenvalue weighted by molar-refractivity contribution is -0.133. The molecule has 17 heavy (non-hydrogen) atoms. The summed E-state index contributed by atoms with van der Waals surface area (Å²) < 4.78 is 5.35. The minimum Gasteiger partial charge on any atom is -0.381 e. The number of hydrogen-bond acceptors (Lipinski definition) is 2. The molecule has 1 aliphatic heterocycles. The molecule has 0 aromatic rings. The van der Waals surface area contributed by atoms with Crippen molar-refractivity contribution in [2.75, 3.05) is 19.8 Å². The van der Waals surface area contributed by atoms with Gasteiger partial charge in [-0.15, -0.1) is 0 Å². The molecular weight excluding hydrogens is 214 g/mol. The monoisotopic (exact) mass is 241 g/mol. The SMILES string of the molecule is CCCCCCCN(C(C)=O)C1CCOCC1. The first-order valence-electron chi connectivity index (χ1n) is 7.10. The first-order valence-corrected chi connectivity index (χ1v) is 7.10. The molecule has 0 bridgehead atoms. The zero-order valence-electron chi connectivity index (χ0n) is 11.4. The van der Waals surface area contributed by atoms with Crippen LogP contribution < -0.4 is 0 Å². The summed E-state index contributed by atoms with van der Waals surface area (Å²) in [6.45, 7) is 6.48. The van der Waals surface area contributed by atoms with Crippen molar-refractivity contribution < 1.29 is 9.53 Å². The van der Waals surface area contributed by atoms with E-state index in [2.05, 4.69) is 11.8 Å². The second-order valence-corrected chi connectivity index (χ2v) is 4.97. The molecule has 0 radical (unpaired) electrons. The Hall–Kier alpha value is -0.570. The number of ether oxygens (including phenoxy) is 1. The van der Waals surface area contributed by atoms with Gasteiger partial charge in [0.15, 0.2) is 0 Å². The molecule has 3 nitrogen and oxygen atoms in total. The summed E-state index contributed by atoms with van der Waals surface area (Å²) >= 11 is 0. The largest absolute Gasteiger partial charge is 0.381 e. The number of unbranched alkanes of at least 4 members (excludes halogenated alkanes) is 4. The van der Waals surface area contributed by atoms with E-state index in [1.54, 1.807) is 6.92 Å². The Kier molecular flexibility index (Phi) is 7.25. The van der Waals surface area contributed by atoms with E-state index in [1.807, 2.05) is 0 Å². The minimum absolute atomic E-state index is 0.229. The van der Waals surface area contributed by atoms with E-state index in [-0.39, 0.29) is 5.91 Å². The van der Waals surface area contributed by atoms with Crippen molar-refractivity contribution >= 4 is 5.91 Å². The van der Waals surface area contributed by atoms with Crippen molar-refractivity contribution in [1.82, 2.24) is 4.90 Å². The average Bonchev–Trinajstić information content (AvgIpc) is 2.34. The van der Waals surface area contributed by atoms with Crippen molar-refractivity contribution in [3.63, 3.8) is 0 Å². The Morgan fingerprint density at radius 1 is 1.18 bits per heavy atom. The fourth-order valence-electron chi connectivity index (χ4n) is 2.48. The summed E-state index contributed by atoms with van der Waals surface area (Å²) in [5.41, 5.74) is 0. The van der Waals surface area contributed by atoms with Gasteiger partial charge in [0.05, 0.1) is 0 Å². The summed E-state index contributed by atoms with van der Waals surface area (Å²) in [6.07, 6.45) is 8.31. The highest BCUT2D eigenvalue weighted by Crippen LogP contribution is 2.16. The number of nitrogens with zero attached hydrogens (tertiary/aromatic N) is 1. The van der Waals surface area contributed by atoms with Crippen LogP contribution >= 0.6 is 0 Å². The molecule has 0 unspecified atom stereocenters. The van der Waals surface area contributed by atoms with Crippen LogP contribution in [-0.4, -0.2) is 36.6 Å². The maximum absolute atomic E-state index is 11.6. The number of carbonyl (C=O) groups excluding carboxylic acids is 1. The molecule has 1 saturated heterocycles. The molecule has 0 aromatic heterocycles. The molecule has 1 aliphatic rings. The summed E-state index contributed by atoms with van der Waals surface area (Å²) in [6, 6.07) is 0.424. The fraction of sp³-hybridized carbons (Fsp3) is 0.929. The maximum Gasteiger partial charge on any atom is 0.219 e. The zero-order chi connectivity index (χ0) is 12.5. The van der Waals surface area contributed by atoms with Gasteiger partial charge in [-0.25, -0.2) is 0 Å². The Bertz CT molecular complexity index is 212. The highest BCUT2D eigenvalue weighted by molar-refractivity contribution is 5.73. The number of amides is 1. The third-order valence-corrected chi connectivity index (χ3v) is 3.54. The Labute approximate surface area is 106 Å². The van der Waals surface area contributed by atoms with Crippen LogP contribution in [0.4, 0.5) is 0 Å². The quantitative estimate of drug-likeness (QED) is 0.641. The summed E-state index contributed by atoms with van der Waals surface area (Å²) in [4.78, 5) is 13.7. The Balaban J connectivity index is 2.25. The van der Waals surface area contributed by atoms with Crippen molar-refractivity contribution in [2.45, 2.75) is 64.8 Å². The molecule has 0 N–H and O–H groups in total. The number of hydrogen-bond donors (Lipinski definition) is 0. The van der Waals surface area contributed by atoms with Crippen LogP contribution in [0.3, 0.4) is 0 Å². The number of carbonyl (C=O) groups is 1. The molecule has 0 aromatic carbocycles. The lowest BCUT2D eigenvalue weighted by Gasteiger charge is -2.33. The van der Waals surface area contributed by atoms with Crippen LogP contribution in [0.1, 0.15) is 58.8 Å². The van der Waals surface area contributed by atoms with Gasteiger partial charge in [0.25, 0.3) is 0 Å². The highest BCUT2D eigenvalue weighted by Gasteiger charge is 2.22. The Morgan fingerprint density at radius 2 is 1.82 bits per heavy atom. The van der Waals surface area contributed by atoms with Gasteiger partial charge in [-0.2, -0.15) is 0 Å². The molecule has 0 saturated carbocycles. The van der Waals surface area contributed by atoms with Crippen molar-refractivity contribution in [2.24, 2.45) is 0 Å². The highest BCUT2D eigenvalue weighted by atomic mass is 16.5. The predicted octanol–water partition coefficient (Wildman–Crippen LogP) is 2.98. The first-order chi connectivity index (χ1) is 8.25. The van der Waals surface area contributed by atoms with Crippen LogP contribution in [0.15, 0.2) is 0 Å². The van der Waals surface area contributed by atoms with Gasteiger partial charge in [-0.3, -0.25) is 4.79 Å². The van der Waals surface area contributed by atoms with E-state index in [4.69, 9.17) is 4.74 Å². The second-order valence-electron chi connectivity index (χ2n) is 4.97. The molecular formula is C14H27NO2. The molecule has 0 spiro atoms. The van der Waals surface area contributed by atoms with Crippen molar-refractivity contribution in [3.05, 3.63) is 0 Å². The summed E-state index contributed by atoms with van der Waals surface area (Å²) in [5, 5.41) is 0. The van der Waals surface area contributed by atoms with Crippen LogP contribution in [0.25, 0.3) is 0 Å². The predicted molar refractivity (Wildman–Crippen MR) is 70.0 cm³/mol. The fourth-order valence-corrected chi connectivity index (χ4v) is 2.48. The second kappa shape index (κ2) is 8.51. The maximum atomic E-state index is 11.6. The van der Waals surface area contributed by atoms with Crippen LogP contribution in [0.2, 0.25) is 0 Å². The lowest BCUT2D eigenvalue weighted by Crippen LogP contribution is -2.42. The van der Waals surface area contributed by atoms with E-state index in [0.717, 1.165) is 39.0 Å². The van der Waals surface area contributed by atoms with E-state index < -0.39 is 0 Å². The van der Waals surface area contributed by atoms with Gasteiger partial charge in [-0.05, 0) is 19.3 Å². The minimum atomic E-state index is 0.229. The average molecular weight is 241 g/mol. The summed E-state index contributed by atoms with van der Waals surface area (Å²) in [7, 11) is 0. The van der Waals surface area contributed by atoms with E-state index in [1.165, 1.54) is 25.7 Å². The van der Waals surface area contributed by atoms with Crippen LogP contribution in [0, 0.1) is 0 Å². The molecule has 1 heterocycles. The third-order valence-electron chi connectivity index (χ3n) is 3.54. The molecule has 1 amide bonds. The standard InChI is InChI=1S/C14H27NO2/c1-3-4-5-6-7-10-15(13(2)16)14-8-11-17-12-9-14/h14H,3-12H2,1-2H3. The molecule has 1 rings (SSSR count). The van der Waals surface area contributed by atoms with Gasteiger partial charge in [0.1, 0.15) is 0 Å². The first kappa shape index (κ1) is 14.5. The summed E-state index contributed by atoms with van der Waals surface area (Å²) in [5.74, 6) is 0.229. The topological polar surface area (TPSA) is 29.5 Å². The van der Waals surface area contributed by atoms with Gasteiger partial charge in [0, 0.05) is 32.7 Å². The molecule has 0 aliphatic carbocycles. The normalized spacial score (nSPS) is 17.1. The molecule has 0 atom stereocenters. The molecule has 100 valence electrons. The van der Waals surface area contributed by atoms with Gasteiger partial charge in [0.2, 0.25) is 5.91 Å². The lowest BCUT2D eigenvalue weighted by atomic mass is 10.1. The van der Waals surface area contributed by atoms with Gasteiger partial charge in [-0.1, -0.05) is 32.6 Å². The zero-order valence-corrected chi connectivity index (χ0v) is 11.4. The van der Waals surface area contributed by atoms with Crippen LogP contribution in [-0.2, 0) is 9.53 Å². The third kappa shape index (κ3) is 5.53. The molecule has 1 fully saturated rings. The Morgan fingerprint density at radius 3 is 2.41 bits per heavy atom. The molecule has 3 heteroatoms. The van der Waals surface area contributed by atoms with E-state index in [0.29, 0.717) is 6.04 Å². The van der Waals surface area contributed by atoms with Crippen LogP contribution in [0.5, 0.6) is 0 Å². The van der Waals surface area contributed by atoms with Crippen molar-refractivity contribution in [1.29, 1.82) is 0 Å². The number of rotatable bonds is 7. The van der Waals surface area contributed by atoms with E-state index in [9.17, 15) is 4.79 Å². The van der Waals surface area contributed by atoms with Gasteiger partial charge < -0.3 is 9.64 Å². The van der Waals surface area contributed by atoms with Crippen molar-refractivity contribution in [3.8, 4) is 0 Å². The van der Waals surface area contributed by atoms with Gasteiger partial charge >= 0.3 is 0 Å². The smallest absolute Gasteiger partial charge is 0.219 e. The van der Waals surface area contributed by atoms with E-state index >= 15 is 0 Å².